The van der Waals surface area contributed by atoms with Gasteiger partial charge >= 0.3 is 0 Å². The molecule has 0 saturated carbocycles. The summed E-state index contributed by atoms with van der Waals surface area (Å²) in [6.45, 7) is 0. The molecule has 6 heteroatoms. The molecule has 0 spiro atoms. The van der Waals surface area contributed by atoms with Crippen LogP contribution in [0, 0.1) is 17.1 Å². The summed E-state index contributed by atoms with van der Waals surface area (Å²) < 4.78 is 19.2. The summed E-state index contributed by atoms with van der Waals surface area (Å²) in [5.74, 6) is -0.194. The predicted molar refractivity (Wildman–Crippen MR) is 75.7 cm³/mol. The van der Waals surface area contributed by atoms with Crippen molar-refractivity contribution < 1.29 is 9.13 Å². The van der Waals surface area contributed by atoms with E-state index in [1.807, 2.05) is 12.1 Å². The van der Waals surface area contributed by atoms with Crippen molar-refractivity contribution in [3.05, 3.63) is 59.1 Å². The lowest BCUT2D eigenvalue weighted by atomic mass is 10.2. The number of fused-ring (bicyclic) bond motifs is 1. The van der Waals surface area contributed by atoms with Crippen LogP contribution in [0.2, 0.25) is 5.28 Å². The number of benzene rings is 2. The molecular weight excluding hydrogens is 293 g/mol. The number of para-hydroxylation sites is 1. The molecule has 4 nitrogen and oxygen atoms in total. The fourth-order valence-corrected chi connectivity index (χ4v) is 2.03. The Morgan fingerprint density at radius 1 is 1.14 bits per heavy atom. The highest BCUT2D eigenvalue weighted by Gasteiger charge is 2.10. The standard InChI is InChI=1S/C15H7ClFN3O/c16-15-19-13-4-2-1-3-11(13)14(20-15)21-10-6-5-9(8-18)12(17)7-10/h1-7H. The van der Waals surface area contributed by atoms with Crippen LogP contribution in [0.15, 0.2) is 42.5 Å². The number of nitriles is 1. The molecule has 0 aliphatic carbocycles. The summed E-state index contributed by atoms with van der Waals surface area (Å²) in [5, 5.41) is 9.41. The van der Waals surface area contributed by atoms with Crippen LogP contribution < -0.4 is 4.74 Å². The molecule has 1 heterocycles. The second kappa shape index (κ2) is 5.35. The normalized spacial score (nSPS) is 10.3. The highest BCUT2D eigenvalue weighted by atomic mass is 35.5. The molecule has 0 N–H and O–H groups in total. The van der Waals surface area contributed by atoms with Crippen LogP contribution in [0.4, 0.5) is 4.39 Å². The molecule has 0 aliphatic heterocycles. The first-order chi connectivity index (χ1) is 10.2. The molecule has 0 aliphatic rings. The van der Waals surface area contributed by atoms with Gasteiger partial charge in [-0.15, -0.1) is 0 Å². The van der Waals surface area contributed by atoms with Crippen LogP contribution in [0.5, 0.6) is 11.6 Å². The van der Waals surface area contributed by atoms with Gasteiger partial charge in [0.15, 0.2) is 0 Å². The summed E-state index contributed by atoms with van der Waals surface area (Å²) in [7, 11) is 0. The molecule has 3 rings (SSSR count). The molecule has 2 aromatic carbocycles. The van der Waals surface area contributed by atoms with E-state index in [-0.39, 0.29) is 22.5 Å². The first kappa shape index (κ1) is 13.3. The number of ether oxygens (including phenoxy) is 1. The van der Waals surface area contributed by atoms with Crippen molar-refractivity contribution in [1.29, 1.82) is 5.26 Å². The molecule has 21 heavy (non-hydrogen) atoms. The van der Waals surface area contributed by atoms with Gasteiger partial charge in [-0.05, 0) is 35.9 Å². The van der Waals surface area contributed by atoms with E-state index in [0.717, 1.165) is 6.07 Å². The molecule has 3 aromatic rings. The fraction of sp³-hybridized carbons (Fsp3) is 0. The first-order valence-corrected chi connectivity index (χ1v) is 6.35. The van der Waals surface area contributed by atoms with Gasteiger partial charge in [0.05, 0.1) is 16.5 Å². The summed E-state index contributed by atoms with van der Waals surface area (Å²) >= 11 is 5.85. The Bertz CT molecular complexity index is 876. The van der Waals surface area contributed by atoms with Crippen molar-refractivity contribution >= 4 is 22.5 Å². The fourth-order valence-electron chi connectivity index (χ4n) is 1.86. The van der Waals surface area contributed by atoms with Crippen molar-refractivity contribution in [3.8, 4) is 17.7 Å². The Hall–Kier alpha value is -2.71. The SMILES string of the molecule is N#Cc1ccc(Oc2nc(Cl)nc3ccccc23)cc1F. The molecule has 0 unspecified atom stereocenters. The number of aromatic nitrogens is 2. The zero-order valence-electron chi connectivity index (χ0n) is 10.5. The third-order valence-electron chi connectivity index (χ3n) is 2.82. The van der Waals surface area contributed by atoms with Crippen LogP contribution in [-0.2, 0) is 0 Å². The van der Waals surface area contributed by atoms with Crippen molar-refractivity contribution in [2.24, 2.45) is 0 Å². The zero-order chi connectivity index (χ0) is 14.8. The van der Waals surface area contributed by atoms with Gasteiger partial charge in [0.25, 0.3) is 0 Å². The van der Waals surface area contributed by atoms with E-state index in [9.17, 15) is 4.39 Å². The Morgan fingerprint density at radius 3 is 2.71 bits per heavy atom. The van der Waals surface area contributed by atoms with E-state index in [0.29, 0.717) is 10.9 Å². The molecule has 1 aromatic heterocycles. The third-order valence-corrected chi connectivity index (χ3v) is 2.99. The molecule has 0 amide bonds. The first-order valence-electron chi connectivity index (χ1n) is 5.97. The molecule has 0 radical (unpaired) electrons. The predicted octanol–water partition coefficient (Wildman–Crippen LogP) is 4.09. The maximum absolute atomic E-state index is 13.6. The van der Waals surface area contributed by atoms with Gasteiger partial charge in [0.1, 0.15) is 17.6 Å². The van der Waals surface area contributed by atoms with E-state index < -0.39 is 5.82 Å². The number of hydrogen-bond acceptors (Lipinski definition) is 4. The van der Waals surface area contributed by atoms with E-state index in [1.54, 1.807) is 18.2 Å². The second-order valence-electron chi connectivity index (χ2n) is 4.17. The minimum atomic E-state index is -0.653. The van der Waals surface area contributed by atoms with E-state index in [4.69, 9.17) is 21.6 Å². The van der Waals surface area contributed by atoms with E-state index in [2.05, 4.69) is 9.97 Å². The van der Waals surface area contributed by atoms with Gasteiger partial charge < -0.3 is 4.74 Å². The highest BCUT2D eigenvalue weighted by molar-refractivity contribution is 6.28. The average Bonchev–Trinajstić information content (AvgIpc) is 2.47. The number of nitrogens with zero attached hydrogens (tertiary/aromatic N) is 3. The minimum absolute atomic E-state index is 0.0396. The van der Waals surface area contributed by atoms with Gasteiger partial charge in [-0.3, -0.25) is 0 Å². The highest BCUT2D eigenvalue weighted by Crippen LogP contribution is 2.29. The summed E-state index contributed by atoms with van der Waals surface area (Å²) in [6.07, 6.45) is 0. The Kier molecular flexibility index (Phi) is 3.38. The maximum atomic E-state index is 13.6. The second-order valence-corrected chi connectivity index (χ2v) is 4.51. The van der Waals surface area contributed by atoms with E-state index >= 15 is 0 Å². The Morgan fingerprint density at radius 2 is 1.95 bits per heavy atom. The van der Waals surface area contributed by atoms with Crippen molar-refractivity contribution in [2.45, 2.75) is 0 Å². The van der Waals surface area contributed by atoms with Gasteiger partial charge in [0.2, 0.25) is 11.2 Å². The third kappa shape index (κ3) is 2.62. The number of halogens is 2. The zero-order valence-corrected chi connectivity index (χ0v) is 11.3. The van der Waals surface area contributed by atoms with Gasteiger partial charge in [-0.25, -0.2) is 9.37 Å². The van der Waals surface area contributed by atoms with Gasteiger partial charge in [-0.2, -0.15) is 10.2 Å². The monoisotopic (exact) mass is 299 g/mol. The van der Waals surface area contributed by atoms with Gasteiger partial charge in [-0.1, -0.05) is 12.1 Å². The largest absolute Gasteiger partial charge is 0.438 e. The molecule has 0 atom stereocenters. The number of hydrogen-bond donors (Lipinski definition) is 0. The lowest BCUT2D eigenvalue weighted by molar-refractivity contribution is 0.463. The molecule has 0 bridgehead atoms. The van der Waals surface area contributed by atoms with Crippen molar-refractivity contribution in [3.63, 3.8) is 0 Å². The van der Waals surface area contributed by atoms with Crippen LogP contribution in [0.3, 0.4) is 0 Å². The Labute approximate surface area is 124 Å². The molecule has 0 fully saturated rings. The van der Waals surface area contributed by atoms with Crippen LogP contribution in [0.25, 0.3) is 10.9 Å². The maximum Gasteiger partial charge on any atom is 0.231 e. The average molecular weight is 300 g/mol. The van der Waals surface area contributed by atoms with Crippen LogP contribution >= 0.6 is 11.6 Å². The lowest BCUT2D eigenvalue weighted by Crippen LogP contribution is -1.94. The molecule has 0 saturated heterocycles. The van der Waals surface area contributed by atoms with Crippen molar-refractivity contribution in [1.82, 2.24) is 9.97 Å². The quantitative estimate of drug-likeness (QED) is 0.669. The van der Waals surface area contributed by atoms with Crippen LogP contribution in [-0.4, -0.2) is 9.97 Å². The topological polar surface area (TPSA) is 58.8 Å². The summed E-state index contributed by atoms with van der Waals surface area (Å²) in [5.41, 5.74) is 0.578. The number of rotatable bonds is 2. The van der Waals surface area contributed by atoms with Crippen LogP contribution in [0.1, 0.15) is 5.56 Å². The molecule has 102 valence electrons. The smallest absolute Gasteiger partial charge is 0.231 e. The van der Waals surface area contributed by atoms with Gasteiger partial charge in [0, 0.05) is 6.07 Å². The lowest BCUT2D eigenvalue weighted by Gasteiger charge is -2.08. The Balaban J connectivity index is 2.06. The molecular formula is C15H7ClFN3O. The van der Waals surface area contributed by atoms with Crippen molar-refractivity contribution in [2.75, 3.05) is 0 Å². The van der Waals surface area contributed by atoms with E-state index in [1.165, 1.54) is 12.1 Å². The minimum Gasteiger partial charge on any atom is -0.438 e. The summed E-state index contributed by atoms with van der Waals surface area (Å²) in [4.78, 5) is 8.09. The summed E-state index contributed by atoms with van der Waals surface area (Å²) in [6, 6.07) is 12.9.